The van der Waals surface area contributed by atoms with E-state index in [0.29, 0.717) is 0 Å². The van der Waals surface area contributed by atoms with Gasteiger partial charge in [0.1, 0.15) is 83.5 Å². The number of ether oxygens (including phenoxy) is 7. The molecule has 0 spiro atoms. The molecule has 15 atom stereocenters. The number of aliphatic hydroxyl groups excluding tert-OH is 8. The Kier molecular flexibility index (Phi) is 11.6. The Morgan fingerprint density at radius 1 is 0.685 bits per heavy atom. The van der Waals surface area contributed by atoms with E-state index in [1.165, 1.54) is 39.2 Å². The molecule has 6 rings (SSSR count). The second kappa shape index (κ2) is 15.7. The quantitative estimate of drug-likeness (QED) is 0.107. The van der Waals surface area contributed by atoms with Crippen LogP contribution in [0.3, 0.4) is 0 Å². The van der Waals surface area contributed by atoms with E-state index in [1.807, 2.05) is 0 Å². The second-order valence-corrected chi connectivity index (χ2v) is 13.3. The van der Waals surface area contributed by atoms with Gasteiger partial charge in [-0.25, -0.2) is 0 Å². The zero-order valence-electron chi connectivity index (χ0n) is 28.8. The van der Waals surface area contributed by atoms with Crippen molar-refractivity contribution in [2.24, 2.45) is 0 Å². The number of phenolic OH excluding ortho intramolecular Hbond substituents is 3. The fourth-order valence-electron chi connectivity index (χ4n) is 6.43. The minimum atomic E-state index is -2.08. The average Bonchev–Trinajstić information content (AvgIpc) is 3.13. The third-order valence-electron chi connectivity index (χ3n) is 9.57. The first-order valence-electron chi connectivity index (χ1n) is 16.8. The molecule has 11 N–H and O–H groups in total. The van der Waals surface area contributed by atoms with Crippen LogP contribution in [0.15, 0.2) is 39.5 Å². The molecule has 20 heteroatoms. The van der Waals surface area contributed by atoms with Gasteiger partial charge in [0, 0.05) is 17.7 Å². The SMILES string of the molecule is COc1cc(-c2oc3cc(O)cc(O)c3c(=O)c2O[C@@H]2O[C@H](CO[C@@H]3O[C@@H](C)[C@H](O)[C@@H](O)[C@H]3O)[C@@H](O[C@H]3O[C@@H](C)[C@H](O)[C@@H](O)[C@H]3O)[C@H](O)[C@H]2O)ccc1O. The van der Waals surface area contributed by atoms with Gasteiger partial charge >= 0.3 is 0 Å². The molecule has 3 fully saturated rings. The van der Waals surface area contributed by atoms with E-state index < -0.39 is 127 Å². The summed E-state index contributed by atoms with van der Waals surface area (Å²) in [4.78, 5) is 14.0. The van der Waals surface area contributed by atoms with Gasteiger partial charge in [-0.15, -0.1) is 0 Å². The van der Waals surface area contributed by atoms with Crippen molar-refractivity contribution in [3.05, 3.63) is 40.6 Å². The topological polar surface area (TPSA) is 317 Å². The van der Waals surface area contributed by atoms with Crippen LogP contribution in [-0.2, 0) is 23.7 Å². The monoisotopic (exact) mass is 770 g/mol. The third kappa shape index (κ3) is 7.41. The van der Waals surface area contributed by atoms with Gasteiger partial charge in [0.2, 0.25) is 17.5 Å². The lowest BCUT2D eigenvalue weighted by molar-refractivity contribution is -0.357. The Hall–Kier alpha value is -3.87. The standard InChI is InChI=1S/C34H42O20/c1-10-20(38)23(41)26(44)32(49-10)48-9-18-30(53-33-27(45)24(42)21(39)11(2)50-33)25(43)28(46)34(52-18)54-31-22(40)19-15(37)7-13(35)8-17(19)51-29(31)12-4-5-14(36)16(6-12)47-3/h4-8,10-11,18,20-21,23-28,30,32-39,41-46H,9H2,1-3H3/t10-,11-,18+,20-,21-,23+,24+,25+,26+,27+,28+,30+,32+,33+,34-/m0/s1. The normalized spacial score (nSPS) is 37.3. The Labute approximate surface area is 305 Å². The van der Waals surface area contributed by atoms with E-state index in [0.717, 1.165) is 12.1 Å². The zero-order chi connectivity index (χ0) is 39.3. The van der Waals surface area contributed by atoms with Crippen molar-refractivity contribution in [3.63, 3.8) is 0 Å². The minimum absolute atomic E-state index is 0.0559. The van der Waals surface area contributed by atoms with E-state index in [9.17, 15) is 61.0 Å². The van der Waals surface area contributed by atoms with E-state index in [4.69, 9.17) is 37.6 Å². The van der Waals surface area contributed by atoms with Crippen LogP contribution in [0.5, 0.6) is 28.7 Å². The first-order chi connectivity index (χ1) is 25.5. The Morgan fingerprint density at radius 3 is 1.94 bits per heavy atom. The van der Waals surface area contributed by atoms with Crippen molar-refractivity contribution in [1.29, 1.82) is 0 Å². The number of phenols is 3. The summed E-state index contributed by atoms with van der Waals surface area (Å²) in [5, 5.41) is 115. The number of benzene rings is 2. The molecule has 0 bridgehead atoms. The Morgan fingerprint density at radius 2 is 1.30 bits per heavy atom. The molecular formula is C34H42O20. The predicted molar refractivity (Wildman–Crippen MR) is 176 cm³/mol. The van der Waals surface area contributed by atoms with Crippen molar-refractivity contribution in [1.82, 2.24) is 0 Å². The van der Waals surface area contributed by atoms with Gasteiger partial charge in [-0.05, 0) is 32.0 Å². The molecule has 0 saturated carbocycles. The molecule has 3 aromatic rings. The van der Waals surface area contributed by atoms with Gasteiger partial charge < -0.3 is 93.7 Å². The van der Waals surface area contributed by atoms with Gasteiger partial charge in [-0.3, -0.25) is 4.79 Å². The summed E-state index contributed by atoms with van der Waals surface area (Å²) in [7, 11) is 1.26. The summed E-state index contributed by atoms with van der Waals surface area (Å²) in [6.07, 6.45) is -24.8. The molecule has 0 amide bonds. The van der Waals surface area contributed by atoms with Crippen LogP contribution in [0.2, 0.25) is 0 Å². The van der Waals surface area contributed by atoms with Crippen molar-refractivity contribution in [3.8, 4) is 40.1 Å². The smallest absolute Gasteiger partial charge is 0.239 e. The van der Waals surface area contributed by atoms with Crippen molar-refractivity contribution in [2.45, 2.75) is 106 Å². The molecule has 2 aromatic carbocycles. The Bertz CT molecular complexity index is 1850. The van der Waals surface area contributed by atoms with Gasteiger partial charge in [0.25, 0.3) is 0 Å². The molecule has 54 heavy (non-hydrogen) atoms. The zero-order valence-corrected chi connectivity index (χ0v) is 28.8. The van der Waals surface area contributed by atoms with Crippen LogP contribution in [0, 0.1) is 0 Å². The lowest BCUT2D eigenvalue weighted by Gasteiger charge is -2.46. The highest BCUT2D eigenvalue weighted by molar-refractivity contribution is 5.88. The molecule has 0 unspecified atom stereocenters. The van der Waals surface area contributed by atoms with Crippen molar-refractivity contribution < 1.29 is 93.7 Å². The summed E-state index contributed by atoms with van der Waals surface area (Å²) in [5.74, 6) is -2.56. The van der Waals surface area contributed by atoms with E-state index >= 15 is 0 Å². The molecule has 0 aliphatic carbocycles. The maximum absolute atomic E-state index is 14.0. The summed E-state index contributed by atoms with van der Waals surface area (Å²) >= 11 is 0. The van der Waals surface area contributed by atoms with Gasteiger partial charge in [0.15, 0.2) is 29.8 Å². The molecule has 3 aliphatic heterocycles. The van der Waals surface area contributed by atoms with Crippen molar-refractivity contribution in [2.75, 3.05) is 13.7 Å². The molecule has 20 nitrogen and oxygen atoms in total. The molecule has 4 heterocycles. The van der Waals surface area contributed by atoms with Gasteiger partial charge in [-0.1, -0.05) is 0 Å². The van der Waals surface area contributed by atoms with E-state index in [-0.39, 0.29) is 28.4 Å². The van der Waals surface area contributed by atoms with Crippen LogP contribution in [-0.4, -0.2) is 162 Å². The summed E-state index contributed by atoms with van der Waals surface area (Å²) in [5.41, 5.74) is -1.27. The molecule has 3 saturated heterocycles. The summed E-state index contributed by atoms with van der Waals surface area (Å²) in [6.45, 7) is 2.09. The first kappa shape index (κ1) is 39.8. The highest BCUT2D eigenvalue weighted by Gasteiger charge is 2.52. The van der Waals surface area contributed by atoms with E-state index in [2.05, 4.69) is 0 Å². The summed E-state index contributed by atoms with van der Waals surface area (Å²) in [6, 6.07) is 5.71. The van der Waals surface area contributed by atoms with Crippen LogP contribution < -0.4 is 14.9 Å². The average molecular weight is 771 g/mol. The summed E-state index contributed by atoms with van der Waals surface area (Å²) < 4.78 is 45.5. The fourth-order valence-corrected chi connectivity index (χ4v) is 6.43. The molecule has 1 aromatic heterocycles. The number of aliphatic hydroxyl groups is 8. The molecule has 298 valence electrons. The number of fused-ring (bicyclic) bond motifs is 1. The van der Waals surface area contributed by atoms with Crippen LogP contribution in [0.4, 0.5) is 0 Å². The highest BCUT2D eigenvalue weighted by atomic mass is 16.8. The number of rotatable bonds is 9. The maximum atomic E-state index is 14.0. The molecular weight excluding hydrogens is 728 g/mol. The predicted octanol–water partition coefficient (Wildman–Crippen LogP) is -2.53. The van der Waals surface area contributed by atoms with Crippen LogP contribution in [0.25, 0.3) is 22.3 Å². The fraction of sp³-hybridized carbons (Fsp3) is 0.559. The largest absolute Gasteiger partial charge is 0.508 e. The lowest BCUT2D eigenvalue weighted by Crippen LogP contribution is -2.65. The van der Waals surface area contributed by atoms with E-state index in [1.54, 1.807) is 0 Å². The van der Waals surface area contributed by atoms with Crippen molar-refractivity contribution >= 4 is 11.0 Å². The first-order valence-corrected chi connectivity index (χ1v) is 16.8. The molecule has 3 aliphatic rings. The lowest BCUT2D eigenvalue weighted by atomic mass is 9.97. The Balaban J connectivity index is 1.37. The highest BCUT2D eigenvalue weighted by Crippen LogP contribution is 2.40. The third-order valence-corrected chi connectivity index (χ3v) is 9.57. The number of hydrogen-bond donors (Lipinski definition) is 11. The number of aromatic hydroxyl groups is 3. The van der Waals surface area contributed by atoms with Crippen LogP contribution >= 0.6 is 0 Å². The van der Waals surface area contributed by atoms with Gasteiger partial charge in [-0.2, -0.15) is 0 Å². The number of methoxy groups -OCH3 is 1. The molecule has 0 radical (unpaired) electrons. The minimum Gasteiger partial charge on any atom is -0.508 e. The van der Waals surface area contributed by atoms with Crippen LogP contribution in [0.1, 0.15) is 13.8 Å². The van der Waals surface area contributed by atoms with Gasteiger partial charge in [0.05, 0.1) is 25.9 Å². The second-order valence-electron chi connectivity index (χ2n) is 13.3. The maximum Gasteiger partial charge on any atom is 0.239 e. The number of hydrogen-bond acceptors (Lipinski definition) is 20.